The number of nitrogens with zero attached hydrogens (tertiary/aromatic N) is 2. The number of likely N-dealkylation sites (tertiary alicyclic amines) is 1. The van der Waals surface area contributed by atoms with Crippen molar-refractivity contribution >= 4 is 5.69 Å². The Balaban J connectivity index is 0.00000208. The van der Waals surface area contributed by atoms with Crippen LogP contribution >= 0.6 is 0 Å². The molecule has 2 N–H and O–H groups in total. The Hall–Kier alpha value is -1.01. The molecule has 0 saturated carbocycles. The Morgan fingerprint density at radius 3 is 2.46 bits per heavy atom. The summed E-state index contributed by atoms with van der Waals surface area (Å²) >= 11 is 0. The summed E-state index contributed by atoms with van der Waals surface area (Å²) in [6.07, 6.45) is 2.38. The molecular weight excluding hydrogens is 326 g/mol. The minimum absolute atomic E-state index is 0. The molecule has 2 heterocycles. The number of hydrogen-bond donors (Lipinski definition) is 2. The fourth-order valence-corrected chi connectivity index (χ4v) is 3.82. The molecule has 0 amide bonds. The summed E-state index contributed by atoms with van der Waals surface area (Å²) < 4.78 is 5.47. The molecule has 136 valence electrons. The van der Waals surface area contributed by atoms with Crippen LogP contribution in [0.5, 0.6) is 5.75 Å². The predicted molar refractivity (Wildman–Crippen MR) is 92.5 cm³/mol. The number of anilines is 1. The fourth-order valence-electron chi connectivity index (χ4n) is 3.82. The number of quaternary nitrogens is 1. The van der Waals surface area contributed by atoms with Gasteiger partial charge in [-0.1, -0.05) is 12.1 Å². The molecule has 1 unspecified atom stereocenters. The highest BCUT2D eigenvalue weighted by Crippen LogP contribution is 2.27. The van der Waals surface area contributed by atoms with E-state index in [-0.39, 0.29) is 18.5 Å². The van der Waals surface area contributed by atoms with Crippen LogP contribution in [-0.2, 0) is 0 Å². The number of para-hydroxylation sites is 2. The van der Waals surface area contributed by atoms with E-state index in [1.807, 2.05) is 12.1 Å². The summed E-state index contributed by atoms with van der Waals surface area (Å²) in [7, 11) is 1.73. The van der Waals surface area contributed by atoms with E-state index in [0.717, 1.165) is 58.1 Å². The first kappa shape index (κ1) is 19.3. The van der Waals surface area contributed by atoms with E-state index in [0.29, 0.717) is 0 Å². The Labute approximate surface area is 151 Å². The van der Waals surface area contributed by atoms with E-state index in [1.54, 1.807) is 7.11 Å². The second-order valence-corrected chi connectivity index (χ2v) is 6.77. The Morgan fingerprint density at radius 2 is 1.79 bits per heavy atom. The number of benzene rings is 1. The molecule has 1 aromatic rings. The minimum Gasteiger partial charge on any atom is -1.00 e. The standard InChI is InChI=1S/C18H29N3O2.ClH/c1-23-18-7-3-2-6-17(18)21-12-10-20(11-13-21)15-16(22)14-19-8-4-5-9-19;/h2-3,6-7,16,22H,4-5,8-15H2,1H3;1H. The lowest BCUT2D eigenvalue weighted by Gasteiger charge is -2.35. The zero-order valence-corrected chi connectivity index (χ0v) is 15.3. The highest BCUT2D eigenvalue weighted by Gasteiger charge is 2.25. The van der Waals surface area contributed by atoms with Crippen LogP contribution in [0.4, 0.5) is 5.69 Å². The van der Waals surface area contributed by atoms with Crippen LogP contribution in [-0.4, -0.2) is 75.6 Å². The third-order valence-corrected chi connectivity index (χ3v) is 5.09. The molecule has 2 aliphatic rings. The normalized spacial score (nSPS) is 20.7. The maximum Gasteiger partial charge on any atom is 0.142 e. The molecule has 6 heteroatoms. The van der Waals surface area contributed by atoms with Crippen LogP contribution in [0.2, 0.25) is 0 Å². The van der Waals surface area contributed by atoms with Gasteiger partial charge in [0.15, 0.2) is 0 Å². The van der Waals surface area contributed by atoms with E-state index >= 15 is 0 Å². The second-order valence-electron chi connectivity index (χ2n) is 6.77. The molecule has 24 heavy (non-hydrogen) atoms. The number of hydrogen-bond acceptors (Lipinski definition) is 4. The molecule has 2 aliphatic heterocycles. The Morgan fingerprint density at radius 1 is 1.12 bits per heavy atom. The number of methoxy groups -OCH3 is 1. The summed E-state index contributed by atoms with van der Waals surface area (Å²) in [4.78, 5) is 6.31. The predicted octanol–water partition coefficient (Wildman–Crippen LogP) is -3.14. The SMILES string of the molecule is COc1ccccc1N1CC[NH+](CC(O)CN2CCCC2)CC1.[Cl-]. The molecule has 1 aromatic carbocycles. The Kier molecular flexibility index (Phi) is 7.62. The van der Waals surface area contributed by atoms with Gasteiger partial charge in [0.25, 0.3) is 0 Å². The first-order valence-electron chi connectivity index (χ1n) is 8.88. The van der Waals surface area contributed by atoms with Crippen LogP contribution < -0.4 is 26.9 Å². The van der Waals surface area contributed by atoms with Gasteiger partial charge in [0.2, 0.25) is 0 Å². The van der Waals surface area contributed by atoms with Gasteiger partial charge in [0.1, 0.15) is 18.4 Å². The molecule has 5 nitrogen and oxygen atoms in total. The highest BCUT2D eigenvalue weighted by molar-refractivity contribution is 5.58. The number of aliphatic hydroxyl groups is 1. The van der Waals surface area contributed by atoms with Crippen LogP contribution in [0.15, 0.2) is 24.3 Å². The lowest BCUT2D eigenvalue weighted by molar-refractivity contribution is -0.903. The summed E-state index contributed by atoms with van der Waals surface area (Å²) in [5.41, 5.74) is 1.19. The number of nitrogens with one attached hydrogen (secondary N) is 1. The molecule has 0 radical (unpaired) electrons. The van der Waals surface area contributed by atoms with E-state index in [9.17, 15) is 5.11 Å². The van der Waals surface area contributed by atoms with Gasteiger partial charge in [-0.15, -0.1) is 0 Å². The summed E-state index contributed by atoms with van der Waals surface area (Å²) in [5.74, 6) is 0.949. The molecule has 1 atom stereocenters. The van der Waals surface area contributed by atoms with E-state index in [1.165, 1.54) is 23.4 Å². The monoisotopic (exact) mass is 355 g/mol. The van der Waals surface area contributed by atoms with Gasteiger partial charge in [-0.2, -0.15) is 0 Å². The van der Waals surface area contributed by atoms with Crippen molar-refractivity contribution in [1.29, 1.82) is 0 Å². The van der Waals surface area contributed by atoms with Gasteiger partial charge in [-0.05, 0) is 38.1 Å². The Bertz CT molecular complexity index is 489. The molecule has 2 saturated heterocycles. The zero-order chi connectivity index (χ0) is 16.1. The first-order valence-corrected chi connectivity index (χ1v) is 8.88. The van der Waals surface area contributed by atoms with Crippen LogP contribution in [0.25, 0.3) is 0 Å². The molecular formula is C18H30ClN3O2. The first-order chi connectivity index (χ1) is 11.3. The van der Waals surface area contributed by atoms with Gasteiger partial charge in [0.05, 0.1) is 39.0 Å². The molecule has 3 rings (SSSR count). The van der Waals surface area contributed by atoms with Crippen LogP contribution in [0.1, 0.15) is 12.8 Å². The van der Waals surface area contributed by atoms with Gasteiger partial charge in [-0.25, -0.2) is 0 Å². The third-order valence-electron chi connectivity index (χ3n) is 5.09. The van der Waals surface area contributed by atoms with Crippen LogP contribution in [0.3, 0.4) is 0 Å². The number of β-amino-alcohol motifs (C(OH)–C–C–N with tert-alkyl or cyclic N) is 1. The largest absolute Gasteiger partial charge is 1.00 e. The van der Waals surface area contributed by atoms with Crippen molar-refractivity contribution in [1.82, 2.24) is 4.90 Å². The van der Waals surface area contributed by atoms with Crippen molar-refractivity contribution < 1.29 is 27.2 Å². The topological polar surface area (TPSA) is 40.4 Å². The van der Waals surface area contributed by atoms with Crippen molar-refractivity contribution in [2.75, 3.05) is 64.4 Å². The van der Waals surface area contributed by atoms with Crippen molar-refractivity contribution in [2.24, 2.45) is 0 Å². The summed E-state index contributed by atoms with van der Waals surface area (Å²) in [5, 5.41) is 10.3. The maximum absolute atomic E-state index is 10.3. The third kappa shape index (κ3) is 4.99. The zero-order valence-electron chi connectivity index (χ0n) is 14.6. The number of aliphatic hydroxyl groups excluding tert-OH is 1. The minimum atomic E-state index is -0.194. The summed E-state index contributed by atoms with van der Waals surface area (Å²) in [6.45, 7) is 8.24. The van der Waals surface area contributed by atoms with E-state index in [2.05, 4.69) is 21.9 Å². The maximum atomic E-state index is 10.3. The number of halogens is 1. The van der Waals surface area contributed by atoms with Gasteiger partial charge < -0.3 is 37.0 Å². The van der Waals surface area contributed by atoms with Crippen molar-refractivity contribution in [3.8, 4) is 5.75 Å². The van der Waals surface area contributed by atoms with E-state index in [4.69, 9.17) is 4.74 Å². The van der Waals surface area contributed by atoms with Crippen LogP contribution in [0, 0.1) is 0 Å². The molecule has 0 aliphatic carbocycles. The van der Waals surface area contributed by atoms with Gasteiger partial charge >= 0.3 is 0 Å². The molecule has 0 aromatic heterocycles. The van der Waals surface area contributed by atoms with Crippen molar-refractivity contribution in [3.63, 3.8) is 0 Å². The molecule has 2 fully saturated rings. The second kappa shape index (κ2) is 9.47. The number of ether oxygens (including phenoxy) is 1. The fraction of sp³-hybridized carbons (Fsp3) is 0.667. The number of rotatable bonds is 6. The van der Waals surface area contributed by atoms with E-state index < -0.39 is 0 Å². The quantitative estimate of drug-likeness (QED) is 0.566. The van der Waals surface area contributed by atoms with Crippen molar-refractivity contribution in [2.45, 2.75) is 18.9 Å². The van der Waals surface area contributed by atoms with Gasteiger partial charge in [-0.3, -0.25) is 0 Å². The number of piperazine rings is 1. The average molecular weight is 356 g/mol. The van der Waals surface area contributed by atoms with Gasteiger partial charge in [0, 0.05) is 6.54 Å². The highest BCUT2D eigenvalue weighted by atomic mass is 35.5. The lowest BCUT2D eigenvalue weighted by Crippen LogP contribution is -3.16. The molecule has 0 bridgehead atoms. The molecule has 0 spiro atoms. The average Bonchev–Trinajstić information content (AvgIpc) is 3.08. The summed E-state index contributed by atoms with van der Waals surface area (Å²) in [6, 6.07) is 8.23. The van der Waals surface area contributed by atoms with Crippen molar-refractivity contribution in [3.05, 3.63) is 24.3 Å². The lowest BCUT2D eigenvalue weighted by atomic mass is 10.2. The smallest absolute Gasteiger partial charge is 0.142 e.